The minimum atomic E-state index is -4.41. The quantitative estimate of drug-likeness (QED) is 0.884. The van der Waals surface area contributed by atoms with Crippen molar-refractivity contribution in [2.75, 3.05) is 11.6 Å². The van der Waals surface area contributed by atoms with Gasteiger partial charge in [0.1, 0.15) is 5.69 Å². The molecular weight excluding hydrogens is 317 g/mol. The van der Waals surface area contributed by atoms with Gasteiger partial charge >= 0.3 is 6.18 Å². The minimum absolute atomic E-state index is 0.130. The van der Waals surface area contributed by atoms with Gasteiger partial charge in [-0.05, 0) is 23.8 Å². The number of rotatable bonds is 5. The molecule has 4 nitrogen and oxygen atoms in total. The first-order valence-corrected chi connectivity index (χ1v) is 8.46. The van der Waals surface area contributed by atoms with Crippen molar-refractivity contribution >= 4 is 15.5 Å². The normalized spacial score (nSPS) is 12.4. The molecule has 0 aliphatic rings. The molecule has 0 saturated carbocycles. The van der Waals surface area contributed by atoms with Crippen LogP contribution >= 0.6 is 0 Å². The molecule has 0 bridgehead atoms. The molecule has 0 unspecified atom stereocenters. The van der Waals surface area contributed by atoms with Crippen molar-refractivity contribution in [1.82, 2.24) is 4.98 Å². The van der Waals surface area contributed by atoms with Crippen LogP contribution in [0, 0.1) is 0 Å². The Balaban J connectivity index is 2.10. The van der Waals surface area contributed by atoms with Crippen molar-refractivity contribution in [2.45, 2.75) is 18.5 Å². The first-order valence-electron chi connectivity index (χ1n) is 6.40. The summed E-state index contributed by atoms with van der Waals surface area (Å²) in [7, 11) is -3.19. The standard InChI is InChI=1S/C14H15F3N2O2S/c1-22(20,21)9-10-4-2-3-5-12(10)18-8-11-6-7-13(19-11)14(15,16)17/h2-7,18-19H,8-9H2,1H3. The molecule has 0 fully saturated rings. The van der Waals surface area contributed by atoms with Crippen LogP contribution in [0.4, 0.5) is 18.9 Å². The molecule has 0 spiro atoms. The van der Waals surface area contributed by atoms with E-state index in [1.807, 2.05) is 0 Å². The van der Waals surface area contributed by atoms with Gasteiger partial charge in [0.2, 0.25) is 0 Å². The first kappa shape index (κ1) is 16.4. The molecule has 1 aromatic carbocycles. The number of aromatic amines is 1. The summed E-state index contributed by atoms with van der Waals surface area (Å²) in [6.07, 6.45) is -3.28. The Labute approximate surface area is 126 Å². The lowest BCUT2D eigenvalue weighted by Gasteiger charge is -2.11. The van der Waals surface area contributed by atoms with Crippen LogP contribution in [0.25, 0.3) is 0 Å². The SMILES string of the molecule is CS(=O)(=O)Cc1ccccc1NCc1ccc(C(F)(F)F)[nH]1. The van der Waals surface area contributed by atoms with Crippen molar-refractivity contribution in [3.8, 4) is 0 Å². The van der Waals surface area contributed by atoms with Crippen LogP contribution in [0.5, 0.6) is 0 Å². The molecule has 0 aliphatic carbocycles. The third-order valence-electron chi connectivity index (χ3n) is 2.96. The topological polar surface area (TPSA) is 62.0 Å². The molecule has 0 saturated heterocycles. The highest BCUT2D eigenvalue weighted by atomic mass is 32.2. The zero-order chi connectivity index (χ0) is 16.4. The van der Waals surface area contributed by atoms with Crippen LogP contribution in [0.3, 0.4) is 0 Å². The molecule has 0 aliphatic heterocycles. The van der Waals surface area contributed by atoms with Crippen LogP contribution < -0.4 is 5.32 Å². The third-order valence-corrected chi connectivity index (χ3v) is 3.79. The van der Waals surface area contributed by atoms with Crippen LogP contribution in [0.1, 0.15) is 17.0 Å². The van der Waals surface area contributed by atoms with Gasteiger partial charge in [-0.1, -0.05) is 18.2 Å². The van der Waals surface area contributed by atoms with E-state index < -0.39 is 21.7 Å². The lowest BCUT2D eigenvalue weighted by molar-refractivity contribution is -0.140. The van der Waals surface area contributed by atoms with Gasteiger partial charge in [0, 0.05) is 17.6 Å². The van der Waals surface area contributed by atoms with Gasteiger partial charge in [0.25, 0.3) is 0 Å². The average Bonchev–Trinajstić information content (AvgIpc) is 2.84. The number of para-hydroxylation sites is 1. The Morgan fingerprint density at radius 1 is 1.14 bits per heavy atom. The van der Waals surface area contributed by atoms with E-state index in [2.05, 4.69) is 10.3 Å². The van der Waals surface area contributed by atoms with Gasteiger partial charge in [-0.2, -0.15) is 13.2 Å². The highest BCUT2D eigenvalue weighted by molar-refractivity contribution is 7.89. The molecule has 0 amide bonds. The van der Waals surface area contributed by atoms with Crippen molar-refractivity contribution in [1.29, 1.82) is 0 Å². The number of alkyl halides is 3. The molecule has 0 radical (unpaired) electrons. The predicted molar refractivity (Wildman–Crippen MR) is 78.1 cm³/mol. The van der Waals surface area contributed by atoms with E-state index in [0.717, 1.165) is 12.3 Å². The van der Waals surface area contributed by atoms with Crippen molar-refractivity contribution < 1.29 is 21.6 Å². The maximum Gasteiger partial charge on any atom is 0.431 e. The number of benzene rings is 1. The molecule has 120 valence electrons. The highest BCUT2D eigenvalue weighted by Crippen LogP contribution is 2.28. The number of hydrogen-bond acceptors (Lipinski definition) is 3. The summed E-state index contributed by atoms with van der Waals surface area (Å²) in [6.45, 7) is 0.136. The maximum atomic E-state index is 12.5. The Morgan fingerprint density at radius 2 is 1.82 bits per heavy atom. The first-order chi connectivity index (χ1) is 10.1. The fraction of sp³-hybridized carbons (Fsp3) is 0.286. The summed E-state index contributed by atoms with van der Waals surface area (Å²) in [5.41, 5.74) is 0.707. The second-order valence-corrected chi connectivity index (χ2v) is 7.12. The fourth-order valence-electron chi connectivity index (χ4n) is 2.00. The Kier molecular flexibility index (Phi) is 4.50. The Bertz CT molecular complexity index is 751. The number of anilines is 1. The van der Waals surface area contributed by atoms with Crippen LogP contribution in [0.2, 0.25) is 0 Å². The smallest absolute Gasteiger partial charge is 0.379 e. The molecule has 22 heavy (non-hydrogen) atoms. The molecular formula is C14H15F3N2O2S. The summed E-state index contributed by atoms with van der Waals surface area (Å²) in [6, 6.07) is 9.10. The summed E-state index contributed by atoms with van der Waals surface area (Å²) < 4.78 is 60.3. The van der Waals surface area contributed by atoms with E-state index in [1.165, 1.54) is 6.07 Å². The number of nitrogens with one attached hydrogen (secondary N) is 2. The maximum absolute atomic E-state index is 12.5. The van der Waals surface area contributed by atoms with Crippen LogP contribution in [-0.4, -0.2) is 19.7 Å². The number of H-pyrrole nitrogens is 1. The zero-order valence-electron chi connectivity index (χ0n) is 11.7. The predicted octanol–water partition coefficient (Wildman–Crippen LogP) is 3.19. The van der Waals surface area contributed by atoms with Gasteiger partial charge in [-0.25, -0.2) is 8.42 Å². The number of hydrogen-bond donors (Lipinski definition) is 2. The molecule has 8 heteroatoms. The van der Waals surface area contributed by atoms with Gasteiger partial charge in [-0.3, -0.25) is 0 Å². The van der Waals surface area contributed by atoms with Gasteiger partial charge in [0.05, 0.1) is 12.3 Å². The van der Waals surface area contributed by atoms with E-state index in [1.54, 1.807) is 24.3 Å². The number of sulfone groups is 1. The second-order valence-electron chi connectivity index (χ2n) is 4.98. The molecule has 1 heterocycles. The largest absolute Gasteiger partial charge is 0.431 e. The van der Waals surface area contributed by atoms with Crippen molar-refractivity contribution in [3.63, 3.8) is 0 Å². The molecule has 1 aromatic heterocycles. The average molecular weight is 332 g/mol. The summed E-state index contributed by atoms with van der Waals surface area (Å²) in [5.74, 6) is -0.130. The van der Waals surface area contributed by atoms with Crippen molar-refractivity contribution in [2.24, 2.45) is 0 Å². The lowest BCUT2D eigenvalue weighted by Crippen LogP contribution is -2.08. The van der Waals surface area contributed by atoms with E-state index in [0.29, 0.717) is 16.9 Å². The molecule has 2 rings (SSSR count). The van der Waals surface area contributed by atoms with Gasteiger partial charge in [0.15, 0.2) is 9.84 Å². The van der Waals surface area contributed by atoms with Gasteiger partial charge < -0.3 is 10.3 Å². The lowest BCUT2D eigenvalue weighted by atomic mass is 10.2. The fourth-order valence-corrected chi connectivity index (χ4v) is 2.82. The molecule has 0 atom stereocenters. The summed E-state index contributed by atoms with van der Waals surface area (Å²) in [5, 5.41) is 2.95. The van der Waals surface area contributed by atoms with E-state index in [-0.39, 0.29) is 12.3 Å². The van der Waals surface area contributed by atoms with E-state index >= 15 is 0 Å². The monoisotopic (exact) mass is 332 g/mol. The molecule has 2 aromatic rings. The minimum Gasteiger partial charge on any atom is -0.379 e. The zero-order valence-corrected chi connectivity index (χ0v) is 12.6. The summed E-state index contributed by atoms with van der Waals surface area (Å²) in [4.78, 5) is 2.29. The Morgan fingerprint density at radius 3 is 2.41 bits per heavy atom. The molecule has 2 N–H and O–H groups in total. The number of halogens is 3. The third kappa shape index (κ3) is 4.52. The van der Waals surface area contributed by atoms with E-state index in [9.17, 15) is 21.6 Å². The van der Waals surface area contributed by atoms with E-state index in [4.69, 9.17) is 0 Å². The number of aromatic nitrogens is 1. The highest BCUT2D eigenvalue weighted by Gasteiger charge is 2.32. The van der Waals surface area contributed by atoms with Gasteiger partial charge in [-0.15, -0.1) is 0 Å². The second kappa shape index (κ2) is 6.04. The van der Waals surface area contributed by atoms with Crippen LogP contribution in [-0.2, 0) is 28.3 Å². The Hall–Kier alpha value is -1.96. The summed E-state index contributed by atoms with van der Waals surface area (Å²) >= 11 is 0. The van der Waals surface area contributed by atoms with Crippen molar-refractivity contribution in [3.05, 3.63) is 53.3 Å². The van der Waals surface area contributed by atoms with Crippen LogP contribution in [0.15, 0.2) is 36.4 Å².